The van der Waals surface area contributed by atoms with Gasteiger partial charge in [0.05, 0.1) is 12.9 Å². The number of carbonyl (C=O) groups excluding carboxylic acids is 1. The van der Waals surface area contributed by atoms with Crippen LogP contribution in [-0.2, 0) is 4.79 Å². The second-order valence-electron chi connectivity index (χ2n) is 7.08. The maximum absolute atomic E-state index is 12.6. The van der Waals surface area contributed by atoms with Crippen LogP contribution < -0.4 is 4.74 Å². The molecule has 0 aliphatic carbocycles. The van der Waals surface area contributed by atoms with Gasteiger partial charge in [-0.2, -0.15) is 4.68 Å². The highest BCUT2D eigenvalue weighted by Gasteiger charge is 2.26. The SMILES string of the molecule is COc1ccc(C)cc1-n1nnnc1SCC(=O)N1C[C@@H](C)C[C@H](C)C1. The number of likely N-dealkylation sites (tertiary alicyclic amines) is 1. The van der Waals surface area contributed by atoms with Crippen LogP contribution in [0.4, 0.5) is 0 Å². The molecule has 0 bridgehead atoms. The molecule has 1 aromatic heterocycles. The number of carbonyl (C=O) groups is 1. The Morgan fingerprint density at radius 1 is 1.31 bits per heavy atom. The number of rotatable bonds is 5. The number of hydrogen-bond acceptors (Lipinski definition) is 6. The second kappa shape index (κ2) is 8.07. The van der Waals surface area contributed by atoms with E-state index in [1.165, 1.54) is 18.2 Å². The number of ether oxygens (including phenoxy) is 1. The number of tetrazole rings is 1. The lowest BCUT2D eigenvalue weighted by molar-refractivity contribution is -0.130. The summed E-state index contributed by atoms with van der Waals surface area (Å²) in [7, 11) is 1.62. The van der Waals surface area contributed by atoms with E-state index in [0.29, 0.717) is 28.5 Å². The highest BCUT2D eigenvalue weighted by atomic mass is 32.2. The quantitative estimate of drug-likeness (QED) is 0.748. The molecule has 1 aliphatic heterocycles. The van der Waals surface area contributed by atoms with Crippen LogP contribution in [0.1, 0.15) is 25.8 Å². The lowest BCUT2D eigenvalue weighted by atomic mass is 9.92. The third-order valence-corrected chi connectivity index (χ3v) is 5.45. The van der Waals surface area contributed by atoms with Gasteiger partial charge in [-0.05, 0) is 53.3 Å². The fourth-order valence-electron chi connectivity index (χ4n) is 3.47. The van der Waals surface area contributed by atoms with Crippen LogP contribution in [0, 0.1) is 18.8 Å². The van der Waals surface area contributed by atoms with E-state index in [0.717, 1.165) is 24.3 Å². The van der Waals surface area contributed by atoms with Gasteiger partial charge in [0.2, 0.25) is 11.1 Å². The number of amides is 1. The molecule has 0 unspecified atom stereocenters. The molecule has 1 saturated heterocycles. The van der Waals surface area contributed by atoms with Crippen molar-refractivity contribution in [3.63, 3.8) is 0 Å². The number of aromatic nitrogens is 4. The van der Waals surface area contributed by atoms with Crippen molar-refractivity contribution in [3.05, 3.63) is 23.8 Å². The van der Waals surface area contributed by atoms with Gasteiger partial charge in [0.15, 0.2) is 0 Å². The summed E-state index contributed by atoms with van der Waals surface area (Å²) < 4.78 is 7.05. The van der Waals surface area contributed by atoms with Crippen molar-refractivity contribution in [1.82, 2.24) is 25.1 Å². The van der Waals surface area contributed by atoms with Crippen LogP contribution in [0.3, 0.4) is 0 Å². The summed E-state index contributed by atoms with van der Waals surface area (Å²) in [6, 6.07) is 5.83. The average molecular weight is 375 g/mol. The Morgan fingerprint density at radius 3 is 2.73 bits per heavy atom. The van der Waals surface area contributed by atoms with Gasteiger partial charge in [-0.3, -0.25) is 4.79 Å². The Balaban J connectivity index is 1.72. The van der Waals surface area contributed by atoms with Crippen molar-refractivity contribution < 1.29 is 9.53 Å². The lowest BCUT2D eigenvalue weighted by Crippen LogP contribution is -2.43. The number of aryl methyl sites for hydroxylation is 1. The lowest BCUT2D eigenvalue weighted by Gasteiger charge is -2.34. The van der Waals surface area contributed by atoms with E-state index in [4.69, 9.17) is 4.74 Å². The van der Waals surface area contributed by atoms with Crippen molar-refractivity contribution in [1.29, 1.82) is 0 Å². The van der Waals surface area contributed by atoms with Crippen molar-refractivity contribution in [2.24, 2.45) is 11.8 Å². The minimum Gasteiger partial charge on any atom is -0.494 e. The summed E-state index contributed by atoms with van der Waals surface area (Å²) in [6.07, 6.45) is 1.18. The van der Waals surface area contributed by atoms with Crippen molar-refractivity contribution in [2.75, 3.05) is 26.0 Å². The molecule has 140 valence electrons. The molecule has 0 saturated carbocycles. The van der Waals surface area contributed by atoms with Gasteiger partial charge in [0, 0.05) is 13.1 Å². The molecule has 2 aromatic rings. The molecule has 3 rings (SSSR count). The standard InChI is InChI=1S/C18H25N5O2S/c1-12-5-6-16(25-4)15(8-12)23-18(19-20-21-23)26-11-17(24)22-9-13(2)7-14(3)10-22/h5-6,8,13-14H,7,9-11H2,1-4H3/t13-,14-/m0/s1. The normalized spacial score (nSPS) is 20.2. The van der Waals surface area contributed by atoms with Crippen LogP contribution in [0.25, 0.3) is 5.69 Å². The minimum absolute atomic E-state index is 0.138. The first-order valence-corrected chi connectivity index (χ1v) is 9.80. The summed E-state index contributed by atoms with van der Waals surface area (Å²) in [5.74, 6) is 2.26. The zero-order chi connectivity index (χ0) is 18.7. The molecule has 1 amide bonds. The van der Waals surface area contributed by atoms with Gasteiger partial charge in [0.1, 0.15) is 11.4 Å². The third-order valence-electron chi connectivity index (χ3n) is 4.55. The van der Waals surface area contributed by atoms with E-state index in [-0.39, 0.29) is 5.91 Å². The van der Waals surface area contributed by atoms with Crippen molar-refractivity contribution >= 4 is 17.7 Å². The first-order chi connectivity index (χ1) is 12.5. The molecule has 2 atom stereocenters. The van der Waals surface area contributed by atoms with Gasteiger partial charge in [-0.1, -0.05) is 31.7 Å². The summed E-state index contributed by atoms with van der Waals surface area (Å²) in [6.45, 7) is 8.07. The maximum atomic E-state index is 12.6. The third kappa shape index (κ3) is 4.17. The number of nitrogens with zero attached hydrogens (tertiary/aromatic N) is 5. The molecule has 26 heavy (non-hydrogen) atoms. The summed E-state index contributed by atoms with van der Waals surface area (Å²) in [5.41, 5.74) is 1.85. The molecule has 0 spiro atoms. The van der Waals surface area contributed by atoms with E-state index < -0.39 is 0 Å². The highest BCUT2D eigenvalue weighted by Crippen LogP contribution is 2.27. The highest BCUT2D eigenvalue weighted by molar-refractivity contribution is 7.99. The molecule has 1 aliphatic rings. The van der Waals surface area contributed by atoms with Gasteiger partial charge < -0.3 is 9.64 Å². The van der Waals surface area contributed by atoms with E-state index >= 15 is 0 Å². The first-order valence-electron chi connectivity index (χ1n) is 8.82. The fraction of sp³-hybridized carbons (Fsp3) is 0.556. The van der Waals surface area contributed by atoms with Crippen LogP contribution in [-0.4, -0.2) is 57.0 Å². The predicted molar refractivity (Wildman–Crippen MR) is 101 cm³/mol. The Hall–Kier alpha value is -2.09. The van der Waals surface area contributed by atoms with E-state index in [1.54, 1.807) is 11.8 Å². The zero-order valence-corrected chi connectivity index (χ0v) is 16.5. The smallest absolute Gasteiger partial charge is 0.233 e. The molecule has 1 aromatic carbocycles. The van der Waals surface area contributed by atoms with Crippen molar-refractivity contribution in [3.8, 4) is 11.4 Å². The Morgan fingerprint density at radius 2 is 2.04 bits per heavy atom. The van der Waals surface area contributed by atoms with Crippen molar-refractivity contribution in [2.45, 2.75) is 32.3 Å². The van der Waals surface area contributed by atoms with Crippen LogP contribution >= 0.6 is 11.8 Å². The number of methoxy groups -OCH3 is 1. The van der Waals surface area contributed by atoms with E-state index in [2.05, 4.69) is 29.4 Å². The summed E-state index contributed by atoms with van der Waals surface area (Å²) in [5, 5.41) is 12.5. The topological polar surface area (TPSA) is 73.1 Å². The molecular formula is C18H25N5O2S. The Labute approximate surface area is 158 Å². The number of thioether (sulfide) groups is 1. The average Bonchev–Trinajstić information content (AvgIpc) is 3.07. The predicted octanol–water partition coefficient (Wildman–Crippen LogP) is 2.58. The number of piperidine rings is 1. The number of benzene rings is 1. The Kier molecular flexibility index (Phi) is 5.80. The first kappa shape index (κ1) is 18.7. The maximum Gasteiger partial charge on any atom is 0.233 e. The monoisotopic (exact) mass is 375 g/mol. The van der Waals surface area contributed by atoms with Gasteiger partial charge in [-0.15, -0.1) is 5.10 Å². The molecule has 0 N–H and O–H groups in total. The zero-order valence-electron chi connectivity index (χ0n) is 15.7. The van der Waals surface area contributed by atoms with Crippen LogP contribution in [0.5, 0.6) is 5.75 Å². The van der Waals surface area contributed by atoms with E-state index in [1.807, 2.05) is 30.0 Å². The molecule has 0 radical (unpaired) electrons. The number of hydrogen-bond donors (Lipinski definition) is 0. The summed E-state index contributed by atoms with van der Waals surface area (Å²) in [4.78, 5) is 14.6. The molecule has 1 fully saturated rings. The molecule has 7 nitrogen and oxygen atoms in total. The molecule has 8 heteroatoms. The largest absolute Gasteiger partial charge is 0.494 e. The van der Waals surface area contributed by atoms with Gasteiger partial charge in [-0.25, -0.2) is 0 Å². The minimum atomic E-state index is 0.138. The molecule has 2 heterocycles. The molecular weight excluding hydrogens is 350 g/mol. The summed E-state index contributed by atoms with van der Waals surface area (Å²) >= 11 is 1.36. The fourth-order valence-corrected chi connectivity index (χ4v) is 4.26. The van der Waals surface area contributed by atoms with Crippen LogP contribution in [0.15, 0.2) is 23.4 Å². The second-order valence-corrected chi connectivity index (χ2v) is 8.02. The van der Waals surface area contributed by atoms with Gasteiger partial charge >= 0.3 is 0 Å². The Bertz CT molecular complexity index is 769. The van der Waals surface area contributed by atoms with E-state index in [9.17, 15) is 4.79 Å². The van der Waals surface area contributed by atoms with Gasteiger partial charge in [0.25, 0.3) is 0 Å². The van der Waals surface area contributed by atoms with Crippen LogP contribution in [0.2, 0.25) is 0 Å².